The molecule has 0 fully saturated rings. The Morgan fingerprint density at radius 3 is 2.43 bits per heavy atom. The van der Waals surface area contributed by atoms with Crippen molar-refractivity contribution in [2.45, 2.75) is 19.9 Å². The molecule has 6 nitrogen and oxygen atoms in total. The quantitative estimate of drug-likeness (QED) is 0.504. The summed E-state index contributed by atoms with van der Waals surface area (Å²) in [6.45, 7) is 3.40. The van der Waals surface area contributed by atoms with E-state index >= 15 is 0 Å². The SMILES string of the molecule is CC(C)NC(=O)CNS(=O)(=O)CCN. The molecule has 0 atom stereocenters. The van der Waals surface area contributed by atoms with Crippen LogP contribution in [0, 0.1) is 0 Å². The lowest BCUT2D eigenvalue weighted by Crippen LogP contribution is -2.41. The van der Waals surface area contributed by atoms with Crippen molar-refractivity contribution in [3.63, 3.8) is 0 Å². The third kappa shape index (κ3) is 6.81. The van der Waals surface area contributed by atoms with E-state index in [-0.39, 0.29) is 30.8 Å². The molecule has 0 unspecified atom stereocenters. The van der Waals surface area contributed by atoms with Crippen molar-refractivity contribution in [1.82, 2.24) is 10.0 Å². The zero-order chi connectivity index (χ0) is 11.2. The average molecular weight is 223 g/mol. The van der Waals surface area contributed by atoms with Crippen molar-refractivity contribution in [3.8, 4) is 0 Å². The number of nitrogens with two attached hydrogens (primary N) is 1. The van der Waals surface area contributed by atoms with E-state index in [4.69, 9.17) is 5.73 Å². The standard InChI is InChI=1S/C7H17N3O3S/c1-6(2)10-7(11)5-9-14(12,13)4-3-8/h6,9H,3-5,8H2,1-2H3,(H,10,11). The lowest BCUT2D eigenvalue weighted by Gasteiger charge is -2.09. The Morgan fingerprint density at radius 2 is 2.00 bits per heavy atom. The van der Waals surface area contributed by atoms with Gasteiger partial charge in [0.05, 0.1) is 12.3 Å². The molecule has 0 rings (SSSR count). The van der Waals surface area contributed by atoms with Gasteiger partial charge in [-0.1, -0.05) is 0 Å². The lowest BCUT2D eigenvalue weighted by molar-refractivity contribution is -0.120. The van der Waals surface area contributed by atoms with Crippen LogP contribution in [0.1, 0.15) is 13.8 Å². The Kier molecular flexibility index (Phi) is 5.66. The minimum absolute atomic E-state index is 0.00140. The molecule has 0 aromatic heterocycles. The molecule has 84 valence electrons. The molecule has 0 spiro atoms. The fraction of sp³-hybridized carbons (Fsp3) is 0.857. The number of carbonyl (C=O) groups excluding carboxylic acids is 1. The third-order valence-corrected chi connectivity index (χ3v) is 2.65. The van der Waals surface area contributed by atoms with Crippen molar-refractivity contribution in [1.29, 1.82) is 0 Å². The predicted molar refractivity (Wildman–Crippen MR) is 54.1 cm³/mol. The number of hydrogen-bond acceptors (Lipinski definition) is 4. The Hall–Kier alpha value is -0.660. The molecule has 0 bridgehead atoms. The van der Waals surface area contributed by atoms with E-state index in [2.05, 4.69) is 10.0 Å². The van der Waals surface area contributed by atoms with Gasteiger partial charge in [0.2, 0.25) is 15.9 Å². The van der Waals surface area contributed by atoms with Gasteiger partial charge in [-0.3, -0.25) is 4.79 Å². The second-order valence-corrected chi connectivity index (χ2v) is 5.08. The number of nitrogens with one attached hydrogen (secondary N) is 2. The maximum atomic E-state index is 11.0. The first-order chi connectivity index (χ1) is 6.37. The fourth-order valence-corrected chi connectivity index (χ4v) is 1.58. The highest BCUT2D eigenvalue weighted by Crippen LogP contribution is 1.82. The van der Waals surface area contributed by atoms with Gasteiger partial charge in [-0.15, -0.1) is 0 Å². The number of rotatable bonds is 6. The molecule has 0 aliphatic carbocycles. The summed E-state index contributed by atoms with van der Waals surface area (Å²) >= 11 is 0. The Balaban J connectivity index is 3.88. The highest BCUT2D eigenvalue weighted by molar-refractivity contribution is 7.89. The smallest absolute Gasteiger partial charge is 0.235 e. The normalized spacial score (nSPS) is 11.7. The average Bonchev–Trinajstić information content (AvgIpc) is 2.00. The molecule has 0 radical (unpaired) electrons. The molecule has 1 amide bonds. The Morgan fingerprint density at radius 1 is 1.43 bits per heavy atom. The zero-order valence-electron chi connectivity index (χ0n) is 8.41. The second kappa shape index (κ2) is 5.94. The largest absolute Gasteiger partial charge is 0.353 e. The van der Waals surface area contributed by atoms with Crippen LogP contribution in [-0.2, 0) is 14.8 Å². The van der Waals surface area contributed by atoms with Crippen LogP contribution in [0.5, 0.6) is 0 Å². The lowest BCUT2D eigenvalue weighted by atomic mass is 10.4. The maximum absolute atomic E-state index is 11.0. The van der Waals surface area contributed by atoms with Gasteiger partial charge >= 0.3 is 0 Å². The van der Waals surface area contributed by atoms with Crippen molar-refractivity contribution < 1.29 is 13.2 Å². The van der Waals surface area contributed by atoms with E-state index in [0.717, 1.165) is 0 Å². The summed E-state index contributed by atoms with van der Waals surface area (Å²) in [4.78, 5) is 11.0. The van der Waals surface area contributed by atoms with Gasteiger partial charge in [0.25, 0.3) is 0 Å². The number of sulfonamides is 1. The zero-order valence-corrected chi connectivity index (χ0v) is 9.23. The van der Waals surface area contributed by atoms with Crippen LogP contribution >= 0.6 is 0 Å². The molecule has 0 saturated carbocycles. The van der Waals surface area contributed by atoms with Crippen molar-refractivity contribution in [3.05, 3.63) is 0 Å². The van der Waals surface area contributed by atoms with E-state index in [1.807, 2.05) is 0 Å². The van der Waals surface area contributed by atoms with E-state index in [1.165, 1.54) is 0 Å². The van der Waals surface area contributed by atoms with Crippen LogP contribution in [0.4, 0.5) is 0 Å². The molecule has 4 N–H and O–H groups in total. The Bertz CT molecular complexity index is 274. The van der Waals surface area contributed by atoms with Crippen LogP contribution in [0.3, 0.4) is 0 Å². The molecule has 14 heavy (non-hydrogen) atoms. The summed E-state index contributed by atoms with van der Waals surface area (Å²) in [6.07, 6.45) is 0. The molecule has 0 saturated heterocycles. The van der Waals surface area contributed by atoms with Crippen molar-refractivity contribution in [2.75, 3.05) is 18.8 Å². The summed E-state index contributed by atoms with van der Waals surface area (Å²) < 4.78 is 24.2. The third-order valence-electron chi connectivity index (χ3n) is 1.29. The molecule has 0 aliphatic heterocycles. The molecule has 0 aromatic carbocycles. The summed E-state index contributed by atoms with van der Waals surface area (Å²) in [6, 6.07) is 0.00140. The fourth-order valence-electron chi connectivity index (χ4n) is 0.776. The van der Waals surface area contributed by atoms with E-state index in [0.29, 0.717) is 0 Å². The van der Waals surface area contributed by atoms with E-state index < -0.39 is 10.0 Å². The Labute approximate surface area is 84.3 Å². The van der Waals surface area contributed by atoms with Crippen molar-refractivity contribution >= 4 is 15.9 Å². The van der Waals surface area contributed by atoms with Crippen LogP contribution in [0.15, 0.2) is 0 Å². The summed E-state index contributed by atoms with van der Waals surface area (Å²) in [5, 5.41) is 2.56. The molecular weight excluding hydrogens is 206 g/mol. The second-order valence-electron chi connectivity index (χ2n) is 3.15. The number of amides is 1. The topological polar surface area (TPSA) is 101 Å². The molecule has 0 aromatic rings. The minimum atomic E-state index is -3.40. The number of carbonyl (C=O) groups is 1. The highest BCUT2D eigenvalue weighted by Gasteiger charge is 2.11. The van der Waals surface area contributed by atoms with Gasteiger partial charge in [-0.2, -0.15) is 0 Å². The van der Waals surface area contributed by atoms with Crippen LogP contribution in [0.2, 0.25) is 0 Å². The predicted octanol–water partition coefficient (Wildman–Crippen LogP) is -1.61. The van der Waals surface area contributed by atoms with E-state index in [9.17, 15) is 13.2 Å². The van der Waals surface area contributed by atoms with Gasteiger partial charge in [0, 0.05) is 12.6 Å². The minimum Gasteiger partial charge on any atom is -0.353 e. The first-order valence-electron chi connectivity index (χ1n) is 4.34. The first kappa shape index (κ1) is 13.3. The summed E-state index contributed by atoms with van der Waals surface area (Å²) in [7, 11) is -3.40. The summed E-state index contributed by atoms with van der Waals surface area (Å²) in [5.41, 5.74) is 5.08. The molecular formula is C7H17N3O3S. The highest BCUT2D eigenvalue weighted by atomic mass is 32.2. The molecule has 0 heterocycles. The van der Waals surface area contributed by atoms with Gasteiger partial charge in [-0.25, -0.2) is 13.1 Å². The van der Waals surface area contributed by atoms with Crippen LogP contribution in [0.25, 0.3) is 0 Å². The van der Waals surface area contributed by atoms with Crippen LogP contribution in [-0.4, -0.2) is 39.2 Å². The van der Waals surface area contributed by atoms with Gasteiger partial charge in [0.15, 0.2) is 0 Å². The summed E-state index contributed by atoms with van der Waals surface area (Å²) in [5.74, 6) is -0.511. The monoisotopic (exact) mass is 223 g/mol. The van der Waals surface area contributed by atoms with Gasteiger partial charge in [-0.05, 0) is 13.8 Å². The van der Waals surface area contributed by atoms with Crippen molar-refractivity contribution in [2.24, 2.45) is 5.73 Å². The van der Waals surface area contributed by atoms with Crippen LogP contribution < -0.4 is 15.8 Å². The van der Waals surface area contributed by atoms with Gasteiger partial charge in [0.1, 0.15) is 0 Å². The van der Waals surface area contributed by atoms with E-state index in [1.54, 1.807) is 13.8 Å². The van der Waals surface area contributed by atoms with Gasteiger partial charge < -0.3 is 11.1 Å². The first-order valence-corrected chi connectivity index (χ1v) is 5.99. The number of hydrogen-bond donors (Lipinski definition) is 3. The maximum Gasteiger partial charge on any atom is 0.235 e. The molecule has 0 aliphatic rings. The molecule has 7 heteroatoms.